The zero-order valence-corrected chi connectivity index (χ0v) is 16.5. The molecule has 0 bridgehead atoms. The van der Waals surface area contributed by atoms with E-state index >= 15 is 0 Å². The summed E-state index contributed by atoms with van der Waals surface area (Å²) in [5.74, 6) is -1.61. The number of nitrogens with one attached hydrogen (secondary N) is 1. The van der Waals surface area contributed by atoms with Crippen LogP contribution in [0.2, 0.25) is 0 Å². The maximum atomic E-state index is 12.6. The van der Waals surface area contributed by atoms with E-state index in [1.165, 1.54) is 32.0 Å². The van der Waals surface area contributed by atoms with Crippen LogP contribution in [0.4, 0.5) is 17.1 Å². The summed E-state index contributed by atoms with van der Waals surface area (Å²) in [6.45, 7) is 2.79. The minimum absolute atomic E-state index is 0.0255. The highest BCUT2D eigenvalue weighted by Crippen LogP contribution is 2.25. The summed E-state index contributed by atoms with van der Waals surface area (Å²) in [4.78, 5) is 48.4. The lowest BCUT2D eigenvalue weighted by Crippen LogP contribution is -2.30. The monoisotopic (exact) mass is 399 g/mol. The minimum atomic E-state index is -1.17. The van der Waals surface area contributed by atoms with Gasteiger partial charge in [-0.25, -0.2) is 4.79 Å². The molecule has 0 saturated heterocycles. The minimum Gasteiger partial charge on any atom is -0.449 e. The van der Waals surface area contributed by atoms with Crippen molar-refractivity contribution in [2.24, 2.45) is 0 Å². The summed E-state index contributed by atoms with van der Waals surface area (Å²) < 4.78 is 5.21. The Kier molecular flexibility index (Phi) is 6.66. The molecular formula is C20H21N3O6. The molecule has 1 atom stereocenters. The number of hydrogen-bond donors (Lipinski definition) is 1. The lowest BCUT2D eigenvalue weighted by atomic mass is 10.1. The number of nitro benzene ring substituents is 1. The van der Waals surface area contributed by atoms with Gasteiger partial charge in [-0.2, -0.15) is 0 Å². The smallest absolute Gasteiger partial charge is 0.341 e. The van der Waals surface area contributed by atoms with Gasteiger partial charge in [0.2, 0.25) is 0 Å². The van der Waals surface area contributed by atoms with Crippen molar-refractivity contribution >= 4 is 34.7 Å². The Bertz CT molecular complexity index is 970. The van der Waals surface area contributed by atoms with Crippen LogP contribution in [-0.2, 0) is 9.53 Å². The number of rotatable bonds is 7. The van der Waals surface area contributed by atoms with Gasteiger partial charge in [0.1, 0.15) is 0 Å². The average molecular weight is 399 g/mol. The summed E-state index contributed by atoms with van der Waals surface area (Å²) >= 11 is 0. The second kappa shape index (κ2) is 8.96. The summed E-state index contributed by atoms with van der Waals surface area (Å²) in [6.07, 6.45) is -1.17. The maximum Gasteiger partial charge on any atom is 0.341 e. The number of nitro groups is 1. The van der Waals surface area contributed by atoms with E-state index in [0.717, 1.165) is 6.07 Å². The molecule has 0 aromatic heterocycles. The lowest BCUT2D eigenvalue weighted by Gasteiger charge is -2.18. The topological polar surface area (TPSA) is 119 Å². The van der Waals surface area contributed by atoms with Gasteiger partial charge in [-0.05, 0) is 32.0 Å². The Morgan fingerprint density at radius 1 is 1.14 bits per heavy atom. The lowest BCUT2D eigenvalue weighted by molar-refractivity contribution is -0.384. The highest BCUT2D eigenvalue weighted by molar-refractivity contribution is 6.01. The van der Waals surface area contributed by atoms with E-state index in [0.29, 0.717) is 16.9 Å². The van der Waals surface area contributed by atoms with E-state index in [-0.39, 0.29) is 17.0 Å². The number of amides is 1. The fourth-order valence-electron chi connectivity index (χ4n) is 2.53. The number of ether oxygens (including phenoxy) is 1. The molecule has 2 aromatic carbocycles. The van der Waals surface area contributed by atoms with E-state index in [4.69, 9.17) is 4.74 Å². The third-order valence-corrected chi connectivity index (χ3v) is 4.08. The van der Waals surface area contributed by atoms with Crippen LogP contribution >= 0.6 is 0 Å². The van der Waals surface area contributed by atoms with Gasteiger partial charge in [0.15, 0.2) is 11.9 Å². The molecule has 0 fully saturated rings. The number of benzene rings is 2. The van der Waals surface area contributed by atoms with Gasteiger partial charge in [0, 0.05) is 37.5 Å². The van der Waals surface area contributed by atoms with Crippen molar-refractivity contribution in [3.8, 4) is 0 Å². The second-order valence-corrected chi connectivity index (χ2v) is 6.53. The van der Waals surface area contributed by atoms with E-state index in [9.17, 15) is 24.5 Å². The number of nitrogens with zero attached hydrogens (tertiary/aromatic N) is 2. The molecule has 9 heteroatoms. The molecule has 0 aliphatic carbocycles. The van der Waals surface area contributed by atoms with E-state index in [2.05, 4.69) is 5.32 Å². The quantitative estimate of drug-likeness (QED) is 0.329. The SMILES string of the molecule is CC(=O)c1cccc(NC(=O)[C@H](C)OC(=O)c2cc([N+](=O)[O-])ccc2N(C)C)c1. The van der Waals surface area contributed by atoms with Crippen LogP contribution in [0.1, 0.15) is 34.6 Å². The van der Waals surface area contributed by atoms with Gasteiger partial charge in [0.05, 0.1) is 16.2 Å². The Hall–Kier alpha value is -3.75. The number of carbonyl (C=O) groups excluding carboxylic acids is 3. The third-order valence-electron chi connectivity index (χ3n) is 4.08. The molecule has 0 heterocycles. The molecular weight excluding hydrogens is 378 g/mol. The second-order valence-electron chi connectivity index (χ2n) is 6.53. The molecule has 9 nitrogen and oxygen atoms in total. The fourth-order valence-corrected chi connectivity index (χ4v) is 2.53. The maximum absolute atomic E-state index is 12.6. The van der Waals surface area contributed by atoms with Gasteiger partial charge < -0.3 is 15.0 Å². The van der Waals surface area contributed by atoms with Crippen molar-refractivity contribution in [2.45, 2.75) is 20.0 Å². The van der Waals surface area contributed by atoms with Crippen molar-refractivity contribution in [3.05, 3.63) is 63.7 Å². The van der Waals surface area contributed by atoms with Crippen molar-refractivity contribution in [1.82, 2.24) is 0 Å². The highest BCUT2D eigenvalue weighted by Gasteiger charge is 2.24. The number of anilines is 2. The molecule has 0 saturated carbocycles. The van der Waals surface area contributed by atoms with E-state index in [1.807, 2.05) is 0 Å². The first-order valence-electron chi connectivity index (χ1n) is 8.68. The highest BCUT2D eigenvalue weighted by atomic mass is 16.6. The molecule has 2 aromatic rings. The first-order chi connectivity index (χ1) is 13.6. The molecule has 0 radical (unpaired) electrons. The van der Waals surface area contributed by atoms with Crippen LogP contribution in [0.3, 0.4) is 0 Å². The van der Waals surface area contributed by atoms with Gasteiger partial charge in [-0.3, -0.25) is 19.7 Å². The molecule has 1 amide bonds. The summed E-state index contributed by atoms with van der Waals surface area (Å²) in [6, 6.07) is 10.2. The molecule has 0 unspecified atom stereocenters. The van der Waals surface area contributed by atoms with Gasteiger partial charge in [-0.1, -0.05) is 12.1 Å². The molecule has 0 aliphatic heterocycles. The number of esters is 1. The predicted octanol–water partition coefficient (Wildman–Crippen LogP) is 3.05. The number of ketones is 1. The number of non-ortho nitro benzene ring substituents is 1. The molecule has 2 rings (SSSR count). The largest absolute Gasteiger partial charge is 0.449 e. The summed E-state index contributed by atoms with van der Waals surface area (Å²) in [5, 5.41) is 13.6. The zero-order chi connectivity index (χ0) is 21.7. The van der Waals surface area contributed by atoms with Gasteiger partial charge in [0.25, 0.3) is 11.6 Å². The summed E-state index contributed by atoms with van der Waals surface area (Å²) in [5.41, 5.74) is 0.945. The molecule has 0 aliphatic rings. The molecule has 0 spiro atoms. The van der Waals surface area contributed by atoms with Crippen molar-refractivity contribution < 1.29 is 24.0 Å². The van der Waals surface area contributed by atoms with Crippen LogP contribution in [0.15, 0.2) is 42.5 Å². The van der Waals surface area contributed by atoms with Gasteiger partial charge in [-0.15, -0.1) is 0 Å². The Labute approximate surface area is 167 Å². The molecule has 1 N–H and O–H groups in total. The summed E-state index contributed by atoms with van der Waals surface area (Å²) in [7, 11) is 3.35. The van der Waals surface area contributed by atoms with Crippen LogP contribution in [0.25, 0.3) is 0 Å². The standard InChI is InChI=1S/C20H21N3O6/c1-12(24)14-6-5-7-15(10-14)21-19(25)13(2)29-20(26)17-11-16(23(27)28)8-9-18(17)22(3)4/h5-11,13H,1-4H3,(H,21,25)/t13-/m0/s1. The van der Waals surface area contributed by atoms with E-state index in [1.54, 1.807) is 37.2 Å². The fraction of sp³-hybridized carbons (Fsp3) is 0.250. The number of Topliss-reactive ketones (excluding diaryl/α,β-unsaturated/α-hetero) is 1. The van der Waals surface area contributed by atoms with Crippen LogP contribution in [-0.4, -0.2) is 42.8 Å². The Morgan fingerprint density at radius 2 is 1.83 bits per heavy atom. The predicted molar refractivity (Wildman–Crippen MR) is 107 cm³/mol. The first-order valence-corrected chi connectivity index (χ1v) is 8.68. The molecule has 29 heavy (non-hydrogen) atoms. The Morgan fingerprint density at radius 3 is 2.41 bits per heavy atom. The van der Waals surface area contributed by atoms with Gasteiger partial charge >= 0.3 is 5.97 Å². The van der Waals surface area contributed by atoms with Crippen LogP contribution in [0.5, 0.6) is 0 Å². The average Bonchev–Trinajstić information content (AvgIpc) is 2.67. The number of hydrogen-bond acceptors (Lipinski definition) is 7. The van der Waals surface area contributed by atoms with Crippen LogP contribution in [0, 0.1) is 10.1 Å². The number of carbonyl (C=O) groups is 3. The Balaban J connectivity index is 2.16. The molecule has 152 valence electrons. The normalized spacial score (nSPS) is 11.3. The first kappa shape index (κ1) is 21.5. The van der Waals surface area contributed by atoms with Crippen molar-refractivity contribution in [2.75, 3.05) is 24.3 Å². The zero-order valence-electron chi connectivity index (χ0n) is 16.5. The van der Waals surface area contributed by atoms with E-state index < -0.39 is 22.9 Å². The van der Waals surface area contributed by atoms with Crippen molar-refractivity contribution in [1.29, 1.82) is 0 Å². The van der Waals surface area contributed by atoms with Crippen molar-refractivity contribution in [3.63, 3.8) is 0 Å². The van der Waals surface area contributed by atoms with Crippen LogP contribution < -0.4 is 10.2 Å². The third kappa shape index (κ3) is 5.38.